The van der Waals surface area contributed by atoms with E-state index in [-0.39, 0.29) is 19.3 Å². The van der Waals surface area contributed by atoms with Crippen molar-refractivity contribution in [2.75, 3.05) is 26.5 Å². The Kier molecular flexibility index (Phi) is 5.60. The molecule has 6 rings (SSSR count). The molecule has 0 spiro atoms. The Morgan fingerprint density at radius 3 is 2.71 bits per heavy atom. The number of carbonyl (C=O) groups excluding carboxylic acids is 2. The number of ether oxygens (including phenoxy) is 3. The third-order valence-electron chi connectivity index (χ3n) is 6.92. The molecule has 0 bridgehead atoms. The molecule has 2 aromatic carbocycles. The molecular weight excluding hydrogens is 444 g/mol. The van der Waals surface area contributed by atoms with Gasteiger partial charge in [-0.2, -0.15) is 0 Å². The average molecular weight is 471 g/mol. The SMILES string of the molecule is O=C(OCC(=O)N1CCCCC1)c1c2c(nc3ccccc13)/C(=C/c1ccc3c(c1)OCO3)CC2. The number of hydrogen-bond donors (Lipinski definition) is 0. The Hall–Kier alpha value is -3.87. The van der Waals surface area contributed by atoms with E-state index < -0.39 is 5.97 Å². The van der Waals surface area contributed by atoms with Gasteiger partial charge in [0.05, 0.1) is 16.8 Å². The van der Waals surface area contributed by atoms with E-state index in [1.807, 2.05) is 42.5 Å². The summed E-state index contributed by atoms with van der Waals surface area (Å²) < 4.78 is 16.5. The van der Waals surface area contributed by atoms with Crippen LogP contribution in [0.5, 0.6) is 11.5 Å². The zero-order chi connectivity index (χ0) is 23.8. The number of fused-ring (bicyclic) bond motifs is 3. The minimum absolute atomic E-state index is 0.128. The summed E-state index contributed by atoms with van der Waals surface area (Å²) in [5.41, 5.74) is 5.00. The number of amides is 1. The van der Waals surface area contributed by atoms with E-state index in [9.17, 15) is 9.59 Å². The largest absolute Gasteiger partial charge is 0.454 e. The maximum absolute atomic E-state index is 13.3. The fraction of sp³-hybridized carbons (Fsp3) is 0.321. The van der Waals surface area contributed by atoms with E-state index in [4.69, 9.17) is 19.2 Å². The molecule has 0 unspecified atom stereocenters. The first-order chi connectivity index (χ1) is 17.2. The van der Waals surface area contributed by atoms with E-state index in [0.717, 1.165) is 83.6 Å². The zero-order valence-electron chi connectivity index (χ0n) is 19.4. The first-order valence-electron chi connectivity index (χ1n) is 12.1. The van der Waals surface area contributed by atoms with E-state index >= 15 is 0 Å². The van der Waals surface area contributed by atoms with Gasteiger partial charge >= 0.3 is 5.97 Å². The van der Waals surface area contributed by atoms with Crippen LogP contribution in [-0.4, -0.2) is 48.2 Å². The van der Waals surface area contributed by atoms with Gasteiger partial charge in [0, 0.05) is 18.5 Å². The molecule has 7 heteroatoms. The highest BCUT2D eigenvalue weighted by molar-refractivity contribution is 6.07. The van der Waals surface area contributed by atoms with Crippen molar-refractivity contribution in [2.24, 2.45) is 0 Å². The standard InChI is InChI=1S/C28H26N2O5/c31-25(30-12-4-1-5-13-30)16-33-28(32)26-20-6-2-3-7-22(20)29-27-19(9-10-21(26)27)14-18-8-11-23-24(15-18)35-17-34-23/h2-3,6-8,11,14-15H,1,4-5,9-10,12-13,16-17H2/b19-14+. The zero-order valence-corrected chi connectivity index (χ0v) is 19.4. The lowest BCUT2D eigenvalue weighted by Gasteiger charge is -2.26. The van der Waals surface area contributed by atoms with Gasteiger partial charge in [0.2, 0.25) is 6.79 Å². The molecule has 3 aliphatic rings. The highest BCUT2D eigenvalue weighted by Gasteiger charge is 2.28. The predicted molar refractivity (Wildman–Crippen MR) is 131 cm³/mol. The fourth-order valence-electron chi connectivity index (χ4n) is 5.15. The molecule has 3 heterocycles. The molecule has 0 N–H and O–H groups in total. The fourth-order valence-corrected chi connectivity index (χ4v) is 5.15. The Bertz CT molecular complexity index is 1360. The van der Waals surface area contributed by atoms with Crippen molar-refractivity contribution < 1.29 is 23.8 Å². The van der Waals surface area contributed by atoms with Gasteiger partial charge in [-0.15, -0.1) is 0 Å². The van der Waals surface area contributed by atoms with Gasteiger partial charge in [0.15, 0.2) is 18.1 Å². The van der Waals surface area contributed by atoms with Crippen LogP contribution in [0, 0.1) is 0 Å². The Balaban J connectivity index is 1.32. The molecule has 35 heavy (non-hydrogen) atoms. The van der Waals surface area contributed by atoms with Gasteiger partial charge in [0.25, 0.3) is 5.91 Å². The Labute approximate surface area is 203 Å². The number of carbonyl (C=O) groups is 2. The van der Waals surface area contributed by atoms with Crippen molar-refractivity contribution in [1.29, 1.82) is 0 Å². The predicted octanol–water partition coefficient (Wildman–Crippen LogP) is 4.62. The lowest BCUT2D eigenvalue weighted by Crippen LogP contribution is -2.38. The van der Waals surface area contributed by atoms with Crippen LogP contribution < -0.4 is 9.47 Å². The average Bonchev–Trinajstić information content (AvgIpc) is 3.53. The summed E-state index contributed by atoms with van der Waals surface area (Å²) in [7, 11) is 0. The first kappa shape index (κ1) is 21.6. The number of nitrogens with zero attached hydrogens (tertiary/aromatic N) is 2. The molecule has 2 aliphatic heterocycles. The summed E-state index contributed by atoms with van der Waals surface area (Å²) in [4.78, 5) is 32.6. The molecule has 3 aromatic rings. The number of rotatable bonds is 4. The Morgan fingerprint density at radius 1 is 1.00 bits per heavy atom. The van der Waals surface area contributed by atoms with E-state index in [1.165, 1.54) is 0 Å². The topological polar surface area (TPSA) is 78.0 Å². The second kappa shape index (κ2) is 9.06. The number of esters is 1. The molecule has 7 nitrogen and oxygen atoms in total. The van der Waals surface area contributed by atoms with Crippen LogP contribution in [-0.2, 0) is 16.0 Å². The highest BCUT2D eigenvalue weighted by Crippen LogP contribution is 2.39. The molecule has 0 atom stereocenters. The molecule has 1 saturated heterocycles. The summed E-state index contributed by atoms with van der Waals surface area (Å²) in [6.45, 7) is 1.47. The smallest absolute Gasteiger partial charge is 0.339 e. The number of aromatic nitrogens is 1. The van der Waals surface area contributed by atoms with Gasteiger partial charge < -0.3 is 19.1 Å². The number of piperidine rings is 1. The maximum Gasteiger partial charge on any atom is 0.339 e. The lowest BCUT2D eigenvalue weighted by atomic mass is 10.0. The number of allylic oxidation sites excluding steroid dienone is 1. The second-order valence-electron chi connectivity index (χ2n) is 9.13. The third kappa shape index (κ3) is 4.11. The molecule has 1 amide bonds. The number of pyridine rings is 1. The van der Waals surface area contributed by atoms with Crippen LogP contribution >= 0.6 is 0 Å². The van der Waals surface area contributed by atoms with Crippen LogP contribution in [0.2, 0.25) is 0 Å². The van der Waals surface area contributed by atoms with Gasteiger partial charge in [-0.05, 0) is 73.1 Å². The summed E-state index contributed by atoms with van der Waals surface area (Å²) in [6.07, 6.45) is 6.68. The summed E-state index contributed by atoms with van der Waals surface area (Å²) in [5, 5.41) is 0.756. The molecule has 1 aromatic heterocycles. The van der Waals surface area contributed by atoms with Crippen LogP contribution in [0.1, 0.15) is 52.9 Å². The van der Waals surface area contributed by atoms with Crippen LogP contribution in [0.4, 0.5) is 0 Å². The first-order valence-corrected chi connectivity index (χ1v) is 12.1. The van der Waals surface area contributed by atoms with Gasteiger partial charge in [-0.1, -0.05) is 24.3 Å². The minimum atomic E-state index is -0.463. The van der Waals surface area contributed by atoms with Crippen molar-refractivity contribution in [3.63, 3.8) is 0 Å². The number of para-hydroxylation sites is 1. The van der Waals surface area contributed by atoms with Crippen LogP contribution in [0.25, 0.3) is 22.6 Å². The van der Waals surface area contributed by atoms with Gasteiger partial charge in [-0.3, -0.25) is 4.79 Å². The van der Waals surface area contributed by atoms with E-state index in [2.05, 4.69) is 6.08 Å². The van der Waals surface area contributed by atoms with Crippen LogP contribution in [0.3, 0.4) is 0 Å². The monoisotopic (exact) mass is 470 g/mol. The van der Waals surface area contributed by atoms with Crippen molar-refractivity contribution in [1.82, 2.24) is 9.88 Å². The number of hydrogen-bond acceptors (Lipinski definition) is 6. The summed E-state index contributed by atoms with van der Waals surface area (Å²) >= 11 is 0. The Morgan fingerprint density at radius 2 is 1.83 bits per heavy atom. The molecule has 0 radical (unpaired) electrons. The highest BCUT2D eigenvalue weighted by atomic mass is 16.7. The number of benzene rings is 2. The molecule has 1 aliphatic carbocycles. The summed E-state index contributed by atoms with van der Waals surface area (Å²) in [5.74, 6) is 0.880. The third-order valence-corrected chi connectivity index (χ3v) is 6.92. The van der Waals surface area contributed by atoms with Crippen LogP contribution in [0.15, 0.2) is 42.5 Å². The van der Waals surface area contributed by atoms with Gasteiger partial charge in [-0.25, -0.2) is 9.78 Å². The van der Waals surface area contributed by atoms with E-state index in [1.54, 1.807) is 4.90 Å². The molecule has 1 fully saturated rings. The molecule has 178 valence electrons. The minimum Gasteiger partial charge on any atom is -0.454 e. The molecular formula is C28H26N2O5. The summed E-state index contributed by atoms with van der Waals surface area (Å²) in [6, 6.07) is 13.4. The quantitative estimate of drug-likeness (QED) is 0.518. The van der Waals surface area contributed by atoms with Crippen molar-refractivity contribution in [3.05, 3.63) is 64.8 Å². The van der Waals surface area contributed by atoms with Crippen molar-refractivity contribution in [3.8, 4) is 11.5 Å². The maximum atomic E-state index is 13.3. The molecule has 0 saturated carbocycles. The lowest BCUT2D eigenvalue weighted by molar-refractivity contribution is -0.135. The number of likely N-dealkylation sites (tertiary alicyclic amines) is 1. The normalized spacial score (nSPS) is 17.6. The van der Waals surface area contributed by atoms with E-state index in [0.29, 0.717) is 12.0 Å². The second-order valence-corrected chi connectivity index (χ2v) is 9.13. The van der Waals surface area contributed by atoms with Gasteiger partial charge in [0.1, 0.15) is 0 Å². The van der Waals surface area contributed by atoms with Crippen molar-refractivity contribution in [2.45, 2.75) is 32.1 Å². The van der Waals surface area contributed by atoms with Crippen molar-refractivity contribution >= 4 is 34.4 Å².